The lowest BCUT2D eigenvalue weighted by molar-refractivity contribution is -0.138. The van der Waals surface area contributed by atoms with Crippen LogP contribution in [0.25, 0.3) is 22.6 Å². The summed E-state index contributed by atoms with van der Waals surface area (Å²) < 4.78 is 79.4. The van der Waals surface area contributed by atoms with Gasteiger partial charge in [0.05, 0.1) is 23.0 Å². The fourth-order valence-electron chi connectivity index (χ4n) is 3.40. The molecule has 0 radical (unpaired) electrons. The van der Waals surface area contributed by atoms with Gasteiger partial charge in [-0.15, -0.1) is 0 Å². The molecule has 164 valence electrons. The maximum absolute atomic E-state index is 12.9. The molecule has 3 aromatic carbocycles. The van der Waals surface area contributed by atoms with Crippen molar-refractivity contribution >= 4 is 0 Å². The Morgan fingerprint density at radius 1 is 0.625 bits per heavy atom. The zero-order valence-electron chi connectivity index (χ0n) is 16.5. The van der Waals surface area contributed by atoms with Crippen LogP contribution in [0.2, 0.25) is 0 Å². The molecule has 2 nitrogen and oxygen atoms in total. The van der Waals surface area contributed by atoms with Gasteiger partial charge in [0.25, 0.3) is 0 Å². The van der Waals surface area contributed by atoms with Crippen molar-refractivity contribution in [1.82, 2.24) is 9.55 Å². The lowest BCUT2D eigenvalue weighted by Gasteiger charge is -2.14. The minimum Gasteiger partial charge on any atom is -0.320 e. The molecule has 0 unspecified atom stereocenters. The number of rotatable bonds is 4. The number of hydrogen-bond donors (Lipinski definition) is 0. The fourth-order valence-corrected chi connectivity index (χ4v) is 3.40. The number of imidazole rings is 1. The topological polar surface area (TPSA) is 17.8 Å². The van der Waals surface area contributed by atoms with Crippen LogP contribution < -0.4 is 0 Å². The van der Waals surface area contributed by atoms with Gasteiger partial charge in [-0.3, -0.25) is 0 Å². The van der Waals surface area contributed by atoms with Crippen LogP contribution in [0.5, 0.6) is 0 Å². The third-order valence-corrected chi connectivity index (χ3v) is 5.02. The van der Waals surface area contributed by atoms with Crippen LogP contribution >= 0.6 is 0 Å². The van der Waals surface area contributed by atoms with Crippen LogP contribution in [-0.2, 0) is 18.9 Å². The highest BCUT2D eigenvalue weighted by Gasteiger charge is 2.31. The highest BCUT2D eigenvalue weighted by atomic mass is 19.4. The molecule has 0 saturated heterocycles. The van der Waals surface area contributed by atoms with Crippen molar-refractivity contribution in [3.05, 3.63) is 102 Å². The number of halogens is 6. The fraction of sp³-hybridized carbons (Fsp3) is 0.125. The van der Waals surface area contributed by atoms with Crippen molar-refractivity contribution < 1.29 is 26.3 Å². The molecule has 0 amide bonds. The monoisotopic (exact) mass is 446 g/mol. The summed E-state index contributed by atoms with van der Waals surface area (Å²) in [6, 6.07) is 18.7. The maximum Gasteiger partial charge on any atom is 0.416 e. The van der Waals surface area contributed by atoms with Gasteiger partial charge in [0.1, 0.15) is 5.82 Å². The quantitative estimate of drug-likeness (QED) is 0.301. The molecule has 0 bridgehead atoms. The molecule has 0 atom stereocenters. The van der Waals surface area contributed by atoms with Crippen LogP contribution in [0.3, 0.4) is 0 Å². The molecular weight excluding hydrogens is 430 g/mol. The molecule has 8 heteroatoms. The van der Waals surface area contributed by atoms with E-state index in [0.717, 1.165) is 29.8 Å². The van der Waals surface area contributed by atoms with E-state index in [0.29, 0.717) is 29.2 Å². The molecule has 0 aliphatic heterocycles. The predicted octanol–water partition coefficient (Wildman–Crippen LogP) is 7.30. The first-order chi connectivity index (χ1) is 15.1. The van der Waals surface area contributed by atoms with Crippen LogP contribution in [0.4, 0.5) is 26.3 Å². The van der Waals surface area contributed by atoms with Gasteiger partial charge in [0.2, 0.25) is 0 Å². The van der Waals surface area contributed by atoms with E-state index in [4.69, 9.17) is 0 Å². The van der Waals surface area contributed by atoms with E-state index < -0.39 is 23.5 Å². The second-order valence-electron chi connectivity index (χ2n) is 7.19. The van der Waals surface area contributed by atoms with E-state index in [1.165, 1.54) is 30.5 Å². The highest BCUT2D eigenvalue weighted by Crippen LogP contribution is 2.34. The second-order valence-corrected chi connectivity index (χ2v) is 7.19. The third kappa shape index (κ3) is 4.54. The van der Waals surface area contributed by atoms with Crippen molar-refractivity contribution in [1.29, 1.82) is 0 Å². The van der Waals surface area contributed by atoms with Gasteiger partial charge in [-0.2, -0.15) is 26.3 Å². The highest BCUT2D eigenvalue weighted by molar-refractivity contribution is 5.66. The lowest BCUT2D eigenvalue weighted by Crippen LogP contribution is -2.07. The van der Waals surface area contributed by atoms with Crippen molar-refractivity contribution in [2.24, 2.45) is 0 Å². The predicted molar refractivity (Wildman–Crippen MR) is 109 cm³/mol. The number of aromatic nitrogens is 2. The Labute approximate surface area is 179 Å². The Kier molecular flexibility index (Phi) is 5.54. The zero-order chi connectivity index (χ0) is 22.9. The van der Waals surface area contributed by atoms with Gasteiger partial charge < -0.3 is 4.57 Å². The smallest absolute Gasteiger partial charge is 0.320 e. The molecule has 1 heterocycles. The van der Waals surface area contributed by atoms with Crippen molar-refractivity contribution in [3.8, 4) is 22.6 Å². The molecule has 0 fully saturated rings. The SMILES string of the molecule is FC(F)(F)c1ccc(-c2cnc(-c3ccc(C(F)(F)F)cc3)n2Cc2ccccc2)cc1. The summed E-state index contributed by atoms with van der Waals surface area (Å²) in [7, 11) is 0. The molecule has 4 aromatic rings. The van der Waals surface area contributed by atoms with Crippen LogP contribution in [0, 0.1) is 0 Å². The van der Waals surface area contributed by atoms with Gasteiger partial charge in [0, 0.05) is 12.1 Å². The molecule has 0 saturated carbocycles. The molecule has 1 aromatic heterocycles. The van der Waals surface area contributed by atoms with E-state index in [1.807, 2.05) is 30.3 Å². The van der Waals surface area contributed by atoms with Gasteiger partial charge >= 0.3 is 12.4 Å². The Hall–Kier alpha value is -3.55. The summed E-state index contributed by atoms with van der Waals surface area (Å²) >= 11 is 0. The molecule has 0 aliphatic carbocycles. The normalized spacial score (nSPS) is 12.2. The minimum atomic E-state index is -4.45. The Morgan fingerprint density at radius 2 is 1.12 bits per heavy atom. The molecule has 0 spiro atoms. The van der Waals surface area contributed by atoms with Crippen LogP contribution in [0.15, 0.2) is 85.1 Å². The van der Waals surface area contributed by atoms with E-state index in [2.05, 4.69) is 4.98 Å². The van der Waals surface area contributed by atoms with Crippen LogP contribution in [0.1, 0.15) is 16.7 Å². The summed E-state index contributed by atoms with van der Waals surface area (Å²) in [6.45, 7) is 0.341. The summed E-state index contributed by atoms with van der Waals surface area (Å²) in [5.74, 6) is 0.414. The Bertz CT molecular complexity index is 1110. The van der Waals surface area contributed by atoms with Crippen molar-refractivity contribution in [3.63, 3.8) is 0 Å². The van der Waals surface area contributed by atoms with Crippen LogP contribution in [-0.4, -0.2) is 9.55 Å². The first-order valence-electron chi connectivity index (χ1n) is 9.57. The van der Waals surface area contributed by atoms with Gasteiger partial charge in [0.15, 0.2) is 0 Å². The standard InChI is InChI=1S/C24H16F6N2/c25-23(26,27)19-10-6-17(7-11-19)21-14-31-22(32(21)15-16-4-2-1-3-5-16)18-8-12-20(13-9-18)24(28,29)30/h1-14H,15H2. The number of benzene rings is 3. The number of hydrogen-bond acceptors (Lipinski definition) is 1. The van der Waals surface area contributed by atoms with E-state index >= 15 is 0 Å². The first-order valence-corrected chi connectivity index (χ1v) is 9.57. The zero-order valence-corrected chi connectivity index (χ0v) is 16.5. The average Bonchev–Trinajstić information content (AvgIpc) is 3.17. The summed E-state index contributed by atoms with van der Waals surface area (Å²) in [5, 5.41) is 0. The Balaban J connectivity index is 1.78. The first kappa shape index (κ1) is 21.7. The molecule has 0 aliphatic rings. The van der Waals surface area contributed by atoms with E-state index in [1.54, 1.807) is 4.57 Å². The maximum atomic E-state index is 12.9. The second kappa shape index (κ2) is 8.18. The Morgan fingerprint density at radius 3 is 1.62 bits per heavy atom. The van der Waals surface area contributed by atoms with E-state index in [9.17, 15) is 26.3 Å². The summed E-state index contributed by atoms with van der Waals surface area (Å²) in [4.78, 5) is 4.38. The van der Waals surface area contributed by atoms with Gasteiger partial charge in [-0.1, -0.05) is 54.6 Å². The van der Waals surface area contributed by atoms with Crippen molar-refractivity contribution in [2.45, 2.75) is 18.9 Å². The number of nitrogens with zero attached hydrogens (tertiary/aromatic N) is 2. The molecular formula is C24H16F6N2. The molecule has 4 rings (SSSR count). The molecule has 32 heavy (non-hydrogen) atoms. The van der Waals surface area contributed by atoms with Gasteiger partial charge in [-0.25, -0.2) is 4.98 Å². The van der Waals surface area contributed by atoms with Crippen molar-refractivity contribution in [2.75, 3.05) is 0 Å². The largest absolute Gasteiger partial charge is 0.416 e. The number of alkyl halides is 6. The lowest BCUT2D eigenvalue weighted by atomic mass is 10.1. The third-order valence-electron chi connectivity index (χ3n) is 5.02. The average molecular weight is 446 g/mol. The minimum absolute atomic E-state index is 0.341. The van der Waals surface area contributed by atoms with E-state index in [-0.39, 0.29) is 0 Å². The summed E-state index contributed by atoms with van der Waals surface area (Å²) in [5.41, 5.74) is 0.903. The van der Waals surface area contributed by atoms with Gasteiger partial charge in [-0.05, 0) is 35.4 Å². The summed E-state index contributed by atoms with van der Waals surface area (Å²) in [6.07, 6.45) is -7.39. The molecule has 0 N–H and O–H groups in total.